The highest BCUT2D eigenvalue weighted by Gasteiger charge is 2.18. The maximum absolute atomic E-state index is 11.7. The maximum atomic E-state index is 11.7. The summed E-state index contributed by atoms with van der Waals surface area (Å²) in [5.74, 6) is -0.232. The van der Waals surface area contributed by atoms with E-state index in [9.17, 15) is 14.9 Å². The summed E-state index contributed by atoms with van der Waals surface area (Å²) in [7, 11) is 1.59. The van der Waals surface area contributed by atoms with E-state index in [2.05, 4.69) is 10.4 Å². The van der Waals surface area contributed by atoms with Gasteiger partial charge in [-0.25, -0.2) is 0 Å². The third kappa shape index (κ3) is 3.81. The predicted octanol–water partition coefficient (Wildman–Crippen LogP) is 0.505. The Kier molecular flexibility index (Phi) is 5.25. The number of carbonyl (C=O) groups is 1. The smallest absolute Gasteiger partial charge is 0.307 e. The summed E-state index contributed by atoms with van der Waals surface area (Å²) in [4.78, 5) is 21.6. The normalized spacial score (nSPS) is 12.1. The molecule has 0 spiro atoms. The van der Waals surface area contributed by atoms with Crippen LogP contribution in [0.3, 0.4) is 0 Å². The number of nitrogens with one attached hydrogen (secondary N) is 1. The molecule has 1 heterocycles. The SMILES string of the molecule is COCCCNC(=O)C(C)n1cc([N+](=O)[O-])cn1. The summed E-state index contributed by atoms with van der Waals surface area (Å²) in [6.45, 7) is 2.70. The Morgan fingerprint density at radius 3 is 3.00 bits per heavy atom. The van der Waals surface area contributed by atoms with E-state index in [0.29, 0.717) is 19.6 Å². The monoisotopic (exact) mass is 256 g/mol. The standard InChI is InChI=1S/C10H16N4O4/c1-8(10(15)11-4-3-5-18-2)13-7-9(6-12-13)14(16)17/h6-8H,3-5H2,1-2H3,(H,11,15). The molecule has 0 saturated carbocycles. The molecule has 0 radical (unpaired) electrons. The lowest BCUT2D eigenvalue weighted by molar-refractivity contribution is -0.385. The van der Waals surface area contributed by atoms with Gasteiger partial charge >= 0.3 is 5.69 Å². The van der Waals surface area contributed by atoms with Crippen molar-refractivity contribution in [2.75, 3.05) is 20.3 Å². The van der Waals surface area contributed by atoms with E-state index in [0.717, 1.165) is 6.20 Å². The van der Waals surface area contributed by atoms with Crippen molar-refractivity contribution in [3.8, 4) is 0 Å². The number of ether oxygens (including phenoxy) is 1. The summed E-state index contributed by atoms with van der Waals surface area (Å²) in [5, 5.41) is 17.0. The molecule has 0 bridgehead atoms. The van der Waals surface area contributed by atoms with Crippen LogP contribution in [0, 0.1) is 10.1 Å². The highest BCUT2D eigenvalue weighted by molar-refractivity contribution is 5.79. The molecule has 1 rings (SSSR count). The Balaban J connectivity index is 2.49. The van der Waals surface area contributed by atoms with Gasteiger partial charge < -0.3 is 10.1 Å². The zero-order valence-corrected chi connectivity index (χ0v) is 10.3. The molecule has 0 aliphatic heterocycles. The van der Waals surface area contributed by atoms with Crippen molar-refractivity contribution in [2.24, 2.45) is 0 Å². The van der Waals surface area contributed by atoms with Crippen LogP contribution in [0.4, 0.5) is 5.69 Å². The number of hydrogen-bond donors (Lipinski definition) is 1. The van der Waals surface area contributed by atoms with Crippen LogP contribution in [0.5, 0.6) is 0 Å². The van der Waals surface area contributed by atoms with Gasteiger partial charge in [0.05, 0.1) is 4.92 Å². The molecule has 1 unspecified atom stereocenters. The van der Waals surface area contributed by atoms with Crippen LogP contribution >= 0.6 is 0 Å². The summed E-state index contributed by atoms with van der Waals surface area (Å²) in [5.41, 5.74) is -0.131. The van der Waals surface area contributed by atoms with Gasteiger partial charge in [-0.05, 0) is 13.3 Å². The molecular weight excluding hydrogens is 240 g/mol. The van der Waals surface area contributed by atoms with E-state index >= 15 is 0 Å². The molecule has 1 N–H and O–H groups in total. The van der Waals surface area contributed by atoms with Crippen LogP contribution < -0.4 is 5.32 Å². The number of nitro groups is 1. The second-order valence-electron chi connectivity index (χ2n) is 3.75. The van der Waals surface area contributed by atoms with Crippen LogP contribution in [0.25, 0.3) is 0 Å². The van der Waals surface area contributed by atoms with Crippen molar-refractivity contribution in [3.63, 3.8) is 0 Å². The van der Waals surface area contributed by atoms with Crippen LogP contribution in [-0.2, 0) is 9.53 Å². The van der Waals surface area contributed by atoms with Crippen LogP contribution in [0.1, 0.15) is 19.4 Å². The summed E-state index contributed by atoms with van der Waals surface area (Å²) in [6.07, 6.45) is 3.07. The van der Waals surface area contributed by atoms with E-state index in [-0.39, 0.29) is 11.6 Å². The maximum Gasteiger partial charge on any atom is 0.307 e. The Bertz CT molecular complexity index is 418. The fraction of sp³-hybridized carbons (Fsp3) is 0.600. The van der Waals surface area contributed by atoms with E-state index in [1.54, 1.807) is 14.0 Å². The predicted molar refractivity (Wildman–Crippen MR) is 63.1 cm³/mol. The minimum Gasteiger partial charge on any atom is -0.385 e. The van der Waals surface area contributed by atoms with Crippen molar-refractivity contribution < 1.29 is 14.5 Å². The number of rotatable bonds is 7. The molecule has 0 saturated heterocycles. The number of nitrogens with zero attached hydrogens (tertiary/aromatic N) is 3. The number of methoxy groups -OCH3 is 1. The first-order valence-electron chi connectivity index (χ1n) is 5.51. The minimum atomic E-state index is -0.582. The Morgan fingerprint density at radius 1 is 1.72 bits per heavy atom. The zero-order chi connectivity index (χ0) is 13.5. The Labute approximate surface area is 104 Å². The fourth-order valence-corrected chi connectivity index (χ4v) is 1.33. The van der Waals surface area contributed by atoms with E-state index < -0.39 is 11.0 Å². The van der Waals surface area contributed by atoms with Crippen LogP contribution in [0.2, 0.25) is 0 Å². The Hall–Kier alpha value is -1.96. The van der Waals surface area contributed by atoms with E-state index in [1.807, 2.05) is 0 Å². The molecular formula is C10H16N4O4. The van der Waals surface area contributed by atoms with E-state index in [4.69, 9.17) is 4.74 Å². The average Bonchev–Trinajstić information content (AvgIpc) is 2.83. The molecule has 1 aromatic heterocycles. The van der Waals surface area contributed by atoms with Gasteiger partial charge in [-0.15, -0.1) is 0 Å². The topological polar surface area (TPSA) is 99.3 Å². The molecule has 18 heavy (non-hydrogen) atoms. The molecule has 1 amide bonds. The lowest BCUT2D eigenvalue weighted by atomic mass is 10.3. The first-order valence-corrected chi connectivity index (χ1v) is 5.51. The number of hydrogen-bond acceptors (Lipinski definition) is 5. The summed E-state index contributed by atoms with van der Waals surface area (Å²) in [6, 6.07) is -0.582. The molecule has 8 nitrogen and oxygen atoms in total. The van der Waals surface area contributed by atoms with Gasteiger partial charge in [-0.2, -0.15) is 5.10 Å². The van der Waals surface area contributed by atoms with Crippen molar-refractivity contribution in [3.05, 3.63) is 22.5 Å². The van der Waals surface area contributed by atoms with Crippen LogP contribution in [-0.4, -0.2) is 40.9 Å². The van der Waals surface area contributed by atoms with Crippen molar-refractivity contribution in [1.82, 2.24) is 15.1 Å². The molecule has 100 valence electrons. The first-order chi connectivity index (χ1) is 8.56. The van der Waals surface area contributed by atoms with Crippen molar-refractivity contribution >= 4 is 11.6 Å². The molecule has 0 aliphatic rings. The molecule has 0 aromatic carbocycles. The first kappa shape index (κ1) is 14.1. The Morgan fingerprint density at radius 2 is 2.44 bits per heavy atom. The van der Waals surface area contributed by atoms with Crippen molar-refractivity contribution in [2.45, 2.75) is 19.4 Å². The number of amides is 1. The van der Waals surface area contributed by atoms with Gasteiger partial charge in [0.25, 0.3) is 0 Å². The lowest BCUT2D eigenvalue weighted by Gasteiger charge is -2.11. The summed E-state index contributed by atoms with van der Waals surface area (Å²) < 4.78 is 6.12. The van der Waals surface area contributed by atoms with Gasteiger partial charge in [-0.1, -0.05) is 0 Å². The molecule has 1 atom stereocenters. The largest absolute Gasteiger partial charge is 0.385 e. The number of carbonyl (C=O) groups excluding carboxylic acids is 1. The highest BCUT2D eigenvalue weighted by atomic mass is 16.6. The highest BCUT2D eigenvalue weighted by Crippen LogP contribution is 2.12. The van der Waals surface area contributed by atoms with Gasteiger partial charge in [0.2, 0.25) is 5.91 Å². The third-order valence-electron chi connectivity index (χ3n) is 2.40. The van der Waals surface area contributed by atoms with Gasteiger partial charge in [0.15, 0.2) is 0 Å². The van der Waals surface area contributed by atoms with Crippen molar-refractivity contribution in [1.29, 1.82) is 0 Å². The van der Waals surface area contributed by atoms with Crippen LogP contribution in [0.15, 0.2) is 12.4 Å². The molecule has 1 aromatic rings. The van der Waals surface area contributed by atoms with Gasteiger partial charge in [0.1, 0.15) is 18.4 Å². The van der Waals surface area contributed by atoms with Gasteiger partial charge in [0, 0.05) is 20.3 Å². The fourth-order valence-electron chi connectivity index (χ4n) is 1.33. The van der Waals surface area contributed by atoms with Gasteiger partial charge in [-0.3, -0.25) is 19.6 Å². The third-order valence-corrected chi connectivity index (χ3v) is 2.40. The zero-order valence-electron chi connectivity index (χ0n) is 10.3. The minimum absolute atomic E-state index is 0.131. The average molecular weight is 256 g/mol. The lowest BCUT2D eigenvalue weighted by Crippen LogP contribution is -2.32. The second kappa shape index (κ2) is 6.70. The molecule has 0 fully saturated rings. The molecule has 0 aliphatic carbocycles. The summed E-state index contributed by atoms with van der Waals surface area (Å²) >= 11 is 0. The quantitative estimate of drug-likeness (QED) is 0.435. The number of aromatic nitrogens is 2. The molecule has 8 heteroatoms. The second-order valence-corrected chi connectivity index (χ2v) is 3.75. The van der Waals surface area contributed by atoms with E-state index in [1.165, 1.54) is 10.9 Å².